The van der Waals surface area contributed by atoms with E-state index < -0.39 is 10.0 Å². The molecule has 106 valence electrons. The average Bonchev–Trinajstić information content (AvgIpc) is 2.36. The van der Waals surface area contributed by atoms with Crippen molar-refractivity contribution in [3.63, 3.8) is 0 Å². The van der Waals surface area contributed by atoms with Gasteiger partial charge in [-0.3, -0.25) is 0 Å². The van der Waals surface area contributed by atoms with Crippen molar-refractivity contribution in [2.24, 2.45) is 5.92 Å². The van der Waals surface area contributed by atoms with E-state index in [1.807, 2.05) is 12.1 Å². The molecule has 0 saturated carbocycles. The summed E-state index contributed by atoms with van der Waals surface area (Å²) in [5, 5.41) is 0. The lowest BCUT2D eigenvalue weighted by Gasteiger charge is -2.34. The summed E-state index contributed by atoms with van der Waals surface area (Å²) in [7, 11) is -3.11. The van der Waals surface area contributed by atoms with Gasteiger partial charge in [-0.25, -0.2) is 18.1 Å². The number of nitrogens with one attached hydrogen (secondary N) is 1. The molecule has 1 atom stereocenters. The fourth-order valence-corrected chi connectivity index (χ4v) is 3.35. The second-order valence-corrected chi connectivity index (χ2v) is 7.57. The molecule has 5 nitrogen and oxygen atoms in total. The van der Waals surface area contributed by atoms with Crippen LogP contribution in [0.5, 0.6) is 0 Å². The molecule has 1 saturated heterocycles. The van der Waals surface area contributed by atoms with Gasteiger partial charge in [0.25, 0.3) is 0 Å². The molecular formula is C12H18BrN3O2S. The summed E-state index contributed by atoms with van der Waals surface area (Å²) >= 11 is 3.51. The van der Waals surface area contributed by atoms with E-state index >= 15 is 0 Å². The minimum Gasteiger partial charge on any atom is -0.355 e. The highest BCUT2D eigenvalue weighted by atomic mass is 79.9. The fraction of sp³-hybridized carbons (Fsp3) is 0.583. The lowest BCUT2D eigenvalue weighted by molar-refractivity contribution is 0.409. The molecule has 1 fully saturated rings. The second kappa shape index (κ2) is 6.19. The van der Waals surface area contributed by atoms with E-state index in [2.05, 4.69) is 30.5 Å². The van der Waals surface area contributed by atoms with E-state index in [-0.39, 0.29) is 0 Å². The van der Waals surface area contributed by atoms with E-state index in [1.54, 1.807) is 6.20 Å². The monoisotopic (exact) mass is 347 g/mol. The Morgan fingerprint density at radius 1 is 1.58 bits per heavy atom. The Hall–Kier alpha value is -0.660. The van der Waals surface area contributed by atoms with E-state index in [0.29, 0.717) is 12.5 Å². The Balaban J connectivity index is 1.99. The number of halogens is 1. The smallest absolute Gasteiger partial charge is 0.208 e. The van der Waals surface area contributed by atoms with Crippen molar-refractivity contribution in [2.75, 3.05) is 30.8 Å². The Morgan fingerprint density at radius 2 is 2.37 bits per heavy atom. The summed E-state index contributed by atoms with van der Waals surface area (Å²) in [6.45, 7) is 2.29. The number of rotatable bonds is 4. The van der Waals surface area contributed by atoms with Gasteiger partial charge < -0.3 is 4.90 Å². The lowest BCUT2D eigenvalue weighted by atomic mass is 9.98. The molecule has 2 rings (SSSR count). The van der Waals surface area contributed by atoms with Gasteiger partial charge in [0, 0.05) is 25.8 Å². The lowest BCUT2D eigenvalue weighted by Crippen LogP contribution is -2.41. The molecular weight excluding hydrogens is 330 g/mol. The minimum absolute atomic E-state index is 0.331. The Kier molecular flexibility index (Phi) is 4.81. The number of hydrogen-bond donors (Lipinski definition) is 1. The molecule has 0 bridgehead atoms. The Morgan fingerprint density at radius 3 is 3.05 bits per heavy atom. The third-order valence-corrected chi connectivity index (χ3v) is 4.50. The molecule has 1 N–H and O–H groups in total. The van der Waals surface area contributed by atoms with Crippen LogP contribution in [0.3, 0.4) is 0 Å². The molecule has 0 radical (unpaired) electrons. The van der Waals surface area contributed by atoms with Crippen LogP contribution in [0.1, 0.15) is 12.8 Å². The van der Waals surface area contributed by atoms with E-state index in [1.165, 1.54) is 6.26 Å². The number of aromatic nitrogens is 1. The normalized spacial score (nSPS) is 20.5. The fourth-order valence-electron chi connectivity index (χ4n) is 2.30. The van der Waals surface area contributed by atoms with Gasteiger partial charge in [-0.1, -0.05) is 0 Å². The van der Waals surface area contributed by atoms with Gasteiger partial charge in [-0.15, -0.1) is 0 Å². The first-order chi connectivity index (χ1) is 8.96. The number of anilines is 1. The van der Waals surface area contributed by atoms with Gasteiger partial charge in [0.05, 0.1) is 10.7 Å². The van der Waals surface area contributed by atoms with Crippen molar-refractivity contribution in [2.45, 2.75) is 12.8 Å². The molecule has 0 spiro atoms. The molecule has 0 aromatic carbocycles. The van der Waals surface area contributed by atoms with Crippen LogP contribution in [0.25, 0.3) is 0 Å². The molecule has 19 heavy (non-hydrogen) atoms. The number of pyridine rings is 1. The maximum Gasteiger partial charge on any atom is 0.208 e. The predicted molar refractivity (Wildman–Crippen MR) is 79.7 cm³/mol. The van der Waals surface area contributed by atoms with Crippen LogP contribution in [-0.2, 0) is 10.0 Å². The van der Waals surface area contributed by atoms with Crippen molar-refractivity contribution in [3.05, 3.63) is 22.8 Å². The summed E-state index contributed by atoms with van der Waals surface area (Å²) in [5.74, 6) is 1.27. The quantitative estimate of drug-likeness (QED) is 0.898. The third kappa shape index (κ3) is 4.43. The predicted octanol–water partition coefficient (Wildman–Crippen LogP) is 1.61. The number of piperidine rings is 1. The zero-order valence-corrected chi connectivity index (χ0v) is 13.2. The summed E-state index contributed by atoms with van der Waals surface area (Å²) in [6, 6.07) is 3.86. The molecule has 1 aliphatic heterocycles. The Bertz CT molecular complexity index is 536. The van der Waals surface area contributed by atoms with Crippen LogP contribution in [0.2, 0.25) is 0 Å². The van der Waals surface area contributed by atoms with Gasteiger partial charge >= 0.3 is 0 Å². The van der Waals surface area contributed by atoms with Gasteiger partial charge in [0.15, 0.2) is 0 Å². The minimum atomic E-state index is -3.11. The summed E-state index contributed by atoms with van der Waals surface area (Å²) in [5.41, 5.74) is 0. The highest BCUT2D eigenvalue weighted by Crippen LogP contribution is 2.27. The van der Waals surface area contributed by atoms with E-state index in [4.69, 9.17) is 0 Å². The van der Waals surface area contributed by atoms with Crippen molar-refractivity contribution in [1.29, 1.82) is 0 Å². The SMILES string of the molecule is CS(=O)(=O)NC[C@H]1CCCN(c2ncccc2Br)C1. The first-order valence-corrected chi connectivity index (χ1v) is 8.94. The Labute approximate surface area is 122 Å². The number of sulfonamides is 1. The van der Waals surface area contributed by atoms with Crippen LogP contribution in [-0.4, -0.2) is 39.3 Å². The molecule has 2 heterocycles. The molecule has 0 unspecified atom stereocenters. The van der Waals surface area contributed by atoms with Gasteiger partial charge in [0.2, 0.25) is 10.0 Å². The van der Waals surface area contributed by atoms with Crippen LogP contribution in [0.15, 0.2) is 22.8 Å². The largest absolute Gasteiger partial charge is 0.355 e. The van der Waals surface area contributed by atoms with Crippen molar-refractivity contribution in [3.8, 4) is 0 Å². The molecule has 1 aromatic heterocycles. The van der Waals surface area contributed by atoms with Crippen LogP contribution in [0, 0.1) is 5.92 Å². The van der Waals surface area contributed by atoms with Crippen LogP contribution < -0.4 is 9.62 Å². The topological polar surface area (TPSA) is 62.3 Å². The number of nitrogens with zero attached hydrogens (tertiary/aromatic N) is 2. The second-order valence-electron chi connectivity index (χ2n) is 4.88. The first-order valence-electron chi connectivity index (χ1n) is 6.26. The zero-order chi connectivity index (χ0) is 13.9. The molecule has 7 heteroatoms. The third-order valence-electron chi connectivity index (χ3n) is 3.19. The summed E-state index contributed by atoms with van der Waals surface area (Å²) in [4.78, 5) is 6.60. The molecule has 0 amide bonds. The van der Waals surface area contributed by atoms with Gasteiger partial charge in [-0.05, 0) is 46.8 Å². The molecule has 0 aliphatic carbocycles. The van der Waals surface area contributed by atoms with Crippen molar-refractivity contribution >= 4 is 31.8 Å². The summed E-state index contributed by atoms with van der Waals surface area (Å²) < 4.78 is 25.8. The maximum atomic E-state index is 11.1. The zero-order valence-electron chi connectivity index (χ0n) is 10.8. The summed E-state index contributed by atoms with van der Waals surface area (Å²) in [6.07, 6.45) is 5.07. The van der Waals surface area contributed by atoms with E-state index in [9.17, 15) is 8.42 Å². The maximum absolute atomic E-state index is 11.1. The van der Waals surface area contributed by atoms with Crippen molar-refractivity contribution < 1.29 is 8.42 Å². The first kappa shape index (κ1) is 14.7. The van der Waals surface area contributed by atoms with E-state index in [0.717, 1.165) is 36.2 Å². The molecule has 1 aliphatic rings. The number of hydrogen-bond acceptors (Lipinski definition) is 4. The van der Waals surface area contributed by atoms with Crippen molar-refractivity contribution in [1.82, 2.24) is 9.71 Å². The van der Waals surface area contributed by atoms with Crippen LogP contribution in [0.4, 0.5) is 5.82 Å². The van der Waals surface area contributed by atoms with Crippen LogP contribution >= 0.6 is 15.9 Å². The van der Waals surface area contributed by atoms with Gasteiger partial charge in [-0.2, -0.15) is 0 Å². The highest BCUT2D eigenvalue weighted by molar-refractivity contribution is 9.10. The highest BCUT2D eigenvalue weighted by Gasteiger charge is 2.22. The standard InChI is InChI=1S/C12H18BrN3O2S/c1-19(17,18)15-8-10-4-3-7-16(9-10)12-11(13)5-2-6-14-12/h2,5-6,10,15H,3-4,7-9H2,1H3/t10-/m1/s1. The van der Waals surface area contributed by atoms with Gasteiger partial charge in [0.1, 0.15) is 5.82 Å². The molecule has 1 aromatic rings. The average molecular weight is 348 g/mol.